The fourth-order valence-corrected chi connectivity index (χ4v) is 4.93. The second kappa shape index (κ2) is 11.6. The normalized spacial score (nSPS) is 15.0. The van der Waals surface area contributed by atoms with Crippen LogP contribution in [0.5, 0.6) is 0 Å². The van der Waals surface area contributed by atoms with E-state index in [4.69, 9.17) is 0 Å². The molecule has 1 atom stereocenters. The highest BCUT2D eigenvalue weighted by Crippen LogP contribution is 2.28. The highest BCUT2D eigenvalue weighted by atomic mass is 16.4. The first kappa shape index (κ1) is 27.6. The van der Waals surface area contributed by atoms with Gasteiger partial charge in [-0.15, -0.1) is 5.10 Å². The van der Waals surface area contributed by atoms with E-state index in [0.29, 0.717) is 60.2 Å². The van der Waals surface area contributed by atoms with Crippen LogP contribution < -0.4 is 5.32 Å². The molecule has 0 saturated heterocycles. The molecule has 1 aliphatic carbocycles. The van der Waals surface area contributed by atoms with Crippen molar-refractivity contribution in [2.75, 3.05) is 11.9 Å². The van der Waals surface area contributed by atoms with Gasteiger partial charge in [0.1, 0.15) is 11.5 Å². The number of carboxylic acid groups (broad SMARTS) is 1. The topological polar surface area (TPSA) is 160 Å². The minimum absolute atomic E-state index is 0.0301. The van der Waals surface area contributed by atoms with Crippen molar-refractivity contribution >= 4 is 17.7 Å². The minimum Gasteiger partial charge on any atom is -0.481 e. The summed E-state index contributed by atoms with van der Waals surface area (Å²) in [6.07, 6.45) is 3.75. The van der Waals surface area contributed by atoms with Gasteiger partial charge in [0, 0.05) is 36.1 Å². The lowest BCUT2D eigenvalue weighted by Crippen LogP contribution is -2.23. The summed E-state index contributed by atoms with van der Waals surface area (Å²) in [5.74, 6) is 0.0494. The molecule has 0 radical (unpaired) electrons. The molecule has 0 amide bonds. The molecule has 41 heavy (non-hydrogen) atoms. The molecule has 11 nitrogen and oxygen atoms in total. The van der Waals surface area contributed by atoms with Crippen molar-refractivity contribution in [1.82, 2.24) is 29.9 Å². The molecule has 3 heterocycles. The Morgan fingerprint density at radius 1 is 1.12 bits per heavy atom. The van der Waals surface area contributed by atoms with Crippen LogP contribution in [-0.4, -0.2) is 53.3 Å². The number of Topliss-reactive ketones (excluding diaryl/α,β-unsaturated/α-hetero) is 1. The number of aliphatic carboxylic acids is 1. The summed E-state index contributed by atoms with van der Waals surface area (Å²) in [6.45, 7) is 4.64. The number of pyridine rings is 1. The lowest BCUT2D eigenvalue weighted by Gasteiger charge is -2.22. The minimum atomic E-state index is -0.878. The third kappa shape index (κ3) is 6.78. The van der Waals surface area contributed by atoms with Crippen LogP contribution in [0.4, 0.5) is 5.95 Å². The van der Waals surface area contributed by atoms with Gasteiger partial charge >= 0.3 is 5.97 Å². The van der Waals surface area contributed by atoms with Crippen molar-refractivity contribution in [1.29, 1.82) is 5.26 Å². The molecule has 3 aromatic heterocycles. The van der Waals surface area contributed by atoms with Crippen LogP contribution in [0.15, 0.2) is 54.7 Å². The molecule has 0 aliphatic heterocycles. The Morgan fingerprint density at radius 2 is 1.93 bits per heavy atom. The lowest BCUT2D eigenvalue weighted by atomic mass is 9.85. The van der Waals surface area contributed by atoms with Gasteiger partial charge in [-0.05, 0) is 42.7 Å². The SMILES string of the molecule is CC(C)(CC(=O)O)c1cccc(Cn2cc(-c3cc(-c4cccc(C#N)c4)nc(NCC4CCC(=O)C4)n3)nn2)n1. The summed E-state index contributed by atoms with van der Waals surface area (Å²) in [6, 6.07) is 16.7. The van der Waals surface area contributed by atoms with Crippen LogP contribution in [0.3, 0.4) is 0 Å². The average Bonchev–Trinajstić information content (AvgIpc) is 3.60. The van der Waals surface area contributed by atoms with Crippen molar-refractivity contribution in [3.8, 4) is 28.7 Å². The summed E-state index contributed by atoms with van der Waals surface area (Å²) >= 11 is 0. The van der Waals surface area contributed by atoms with E-state index in [2.05, 4.69) is 36.7 Å². The Kier molecular flexibility index (Phi) is 7.83. The number of rotatable bonds is 10. The highest BCUT2D eigenvalue weighted by molar-refractivity contribution is 5.80. The zero-order valence-corrected chi connectivity index (χ0v) is 22.9. The largest absolute Gasteiger partial charge is 0.481 e. The van der Waals surface area contributed by atoms with Crippen molar-refractivity contribution in [3.63, 3.8) is 0 Å². The third-order valence-electron chi connectivity index (χ3n) is 7.13. The lowest BCUT2D eigenvalue weighted by molar-refractivity contribution is -0.138. The molecule has 5 rings (SSSR count). The maximum Gasteiger partial charge on any atom is 0.304 e. The van der Waals surface area contributed by atoms with Crippen molar-refractivity contribution in [2.45, 2.75) is 51.5 Å². The van der Waals surface area contributed by atoms with Gasteiger partial charge in [0.05, 0.1) is 47.9 Å². The molecular weight excluding hydrogens is 520 g/mol. The monoisotopic (exact) mass is 550 g/mol. The maximum atomic E-state index is 11.7. The van der Waals surface area contributed by atoms with Crippen LogP contribution in [0.25, 0.3) is 22.6 Å². The standard InChI is InChI=1S/C30H30N8O3/c1-30(2,14-28(40)41)27-8-4-7-22(33-27)17-38-18-26(36-37-38)25-13-24(21-6-3-5-19(11-21)15-31)34-29(35-25)32-16-20-9-10-23(39)12-20/h3-8,11,13,18,20H,9-10,12,14,16-17H2,1-2H3,(H,40,41)(H,32,34,35). The number of hydrogen-bond acceptors (Lipinski definition) is 9. The Bertz CT molecular complexity index is 1640. The number of carbonyl (C=O) groups excluding carboxylic acids is 1. The second-order valence-corrected chi connectivity index (χ2v) is 11.0. The number of nitriles is 1. The first-order valence-electron chi connectivity index (χ1n) is 13.4. The fourth-order valence-electron chi connectivity index (χ4n) is 4.93. The van der Waals surface area contributed by atoms with Crippen molar-refractivity contribution in [2.24, 2.45) is 5.92 Å². The Balaban J connectivity index is 1.41. The molecule has 1 aromatic carbocycles. The molecule has 1 aliphatic rings. The molecule has 4 aromatic rings. The van der Waals surface area contributed by atoms with Gasteiger partial charge < -0.3 is 10.4 Å². The Hall–Kier alpha value is -4.98. The van der Waals surface area contributed by atoms with E-state index in [-0.39, 0.29) is 18.1 Å². The van der Waals surface area contributed by atoms with Crippen molar-refractivity contribution < 1.29 is 14.7 Å². The van der Waals surface area contributed by atoms with Gasteiger partial charge in [0.15, 0.2) is 0 Å². The molecular formula is C30H30N8O3. The number of ketones is 1. The summed E-state index contributed by atoms with van der Waals surface area (Å²) in [4.78, 5) is 37.1. The van der Waals surface area contributed by atoms with Gasteiger partial charge in [-0.25, -0.2) is 14.6 Å². The Morgan fingerprint density at radius 3 is 2.68 bits per heavy atom. The molecule has 1 unspecified atom stereocenters. The van der Waals surface area contributed by atoms with Gasteiger partial charge in [-0.3, -0.25) is 14.6 Å². The van der Waals surface area contributed by atoms with Crippen molar-refractivity contribution in [3.05, 3.63) is 71.7 Å². The van der Waals surface area contributed by atoms with Crippen LogP contribution in [0.2, 0.25) is 0 Å². The van der Waals surface area contributed by atoms with E-state index in [0.717, 1.165) is 17.7 Å². The number of aromatic nitrogens is 6. The summed E-state index contributed by atoms with van der Waals surface area (Å²) in [5.41, 5.74) is 3.80. The summed E-state index contributed by atoms with van der Waals surface area (Å²) in [7, 11) is 0. The molecule has 2 N–H and O–H groups in total. The predicted octanol–water partition coefficient (Wildman–Crippen LogP) is 4.25. The van der Waals surface area contributed by atoms with Gasteiger partial charge in [0.25, 0.3) is 0 Å². The van der Waals surface area contributed by atoms with E-state index < -0.39 is 11.4 Å². The highest BCUT2D eigenvalue weighted by Gasteiger charge is 2.26. The zero-order valence-electron chi connectivity index (χ0n) is 22.9. The molecule has 0 spiro atoms. The molecule has 0 bridgehead atoms. The first-order chi connectivity index (χ1) is 19.7. The van der Waals surface area contributed by atoms with E-state index in [1.165, 1.54) is 0 Å². The number of hydrogen-bond donors (Lipinski definition) is 2. The van der Waals surface area contributed by atoms with Crippen LogP contribution in [0, 0.1) is 17.2 Å². The van der Waals surface area contributed by atoms with E-state index in [1.54, 1.807) is 23.0 Å². The zero-order chi connectivity index (χ0) is 29.0. The maximum absolute atomic E-state index is 11.7. The van der Waals surface area contributed by atoms with Gasteiger partial charge in [-0.2, -0.15) is 5.26 Å². The summed E-state index contributed by atoms with van der Waals surface area (Å²) in [5, 5.41) is 30.6. The number of carbonyl (C=O) groups is 2. The van der Waals surface area contributed by atoms with Crippen LogP contribution >= 0.6 is 0 Å². The van der Waals surface area contributed by atoms with Gasteiger partial charge in [-0.1, -0.05) is 37.3 Å². The molecule has 1 fully saturated rings. The van der Waals surface area contributed by atoms with E-state index in [1.807, 2.05) is 50.2 Å². The number of anilines is 1. The third-order valence-corrected chi connectivity index (χ3v) is 7.13. The van der Waals surface area contributed by atoms with Crippen LogP contribution in [0.1, 0.15) is 56.5 Å². The fraction of sp³-hybridized carbons (Fsp3) is 0.333. The smallest absolute Gasteiger partial charge is 0.304 e. The quantitative estimate of drug-likeness (QED) is 0.292. The predicted molar refractivity (Wildman–Crippen MR) is 151 cm³/mol. The number of nitrogens with zero attached hydrogens (tertiary/aromatic N) is 7. The van der Waals surface area contributed by atoms with Gasteiger partial charge in [0.2, 0.25) is 5.95 Å². The first-order valence-corrected chi connectivity index (χ1v) is 13.4. The Labute approximate surface area is 237 Å². The molecule has 208 valence electrons. The number of benzene rings is 1. The second-order valence-electron chi connectivity index (χ2n) is 11.0. The molecule has 1 saturated carbocycles. The van der Waals surface area contributed by atoms with Crippen LogP contribution in [-0.2, 0) is 21.5 Å². The van der Waals surface area contributed by atoms with E-state index in [9.17, 15) is 20.0 Å². The van der Waals surface area contributed by atoms with E-state index >= 15 is 0 Å². The molecule has 11 heteroatoms. The summed E-state index contributed by atoms with van der Waals surface area (Å²) < 4.78 is 1.65. The average molecular weight is 551 g/mol. The number of nitrogens with one attached hydrogen (secondary N) is 1. The number of carboxylic acids is 1.